The Bertz CT molecular complexity index is 1700. The summed E-state index contributed by atoms with van der Waals surface area (Å²) in [4.78, 5) is 29.2. The van der Waals surface area contributed by atoms with Crippen LogP contribution in [0.2, 0.25) is 0 Å². The lowest BCUT2D eigenvalue weighted by Gasteiger charge is -2.27. The van der Waals surface area contributed by atoms with Gasteiger partial charge in [-0.1, -0.05) is 29.8 Å². The van der Waals surface area contributed by atoms with Gasteiger partial charge in [-0.2, -0.15) is 18.3 Å². The van der Waals surface area contributed by atoms with Crippen LogP contribution in [0.4, 0.5) is 13.2 Å². The first kappa shape index (κ1) is 34.2. The standard InChI is InChI=1S/C29H33F3N6O7S/c1-19-7-9-20(10-8-19)24-16-25(29(30,31)32)33-37(24)22-11-13-23(14-12-22)46(42,43)34-26(39)21-6-5-15-36(17-21)38(41)35-45-18-44-27(40)28(2,3)4/h7-14,16,21H,5-6,15,17-18H2,1-4H3,(H,34,39)/b38-35-. The third kappa shape index (κ3) is 8.32. The van der Waals surface area contributed by atoms with E-state index in [1.807, 2.05) is 11.6 Å². The molecular formula is C29H33F3N6O7S. The van der Waals surface area contributed by atoms with E-state index < -0.39 is 51.9 Å². The van der Waals surface area contributed by atoms with Crippen molar-refractivity contribution in [2.75, 3.05) is 19.9 Å². The van der Waals surface area contributed by atoms with Crippen LogP contribution in [-0.2, 0) is 35.4 Å². The predicted molar refractivity (Wildman–Crippen MR) is 156 cm³/mol. The van der Waals surface area contributed by atoms with E-state index in [-0.39, 0.29) is 40.8 Å². The summed E-state index contributed by atoms with van der Waals surface area (Å²) in [7, 11) is -4.38. The van der Waals surface area contributed by atoms with Gasteiger partial charge in [-0.3, -0.25) is 9.59 Å². The number of esters is 1. The van der Waals surface area contributed by atoms with Crippen molar-refractivity contribution in [1.29, 1.82) is 0 Å². The highest BCUT2D eigenvalue weighted by Gasteiger charge is 2.36. The normalized spacial score (nSPS) is 16.2. The van der Waals surface area contributed by atoms with Crippen molar-refractivity contribution in [2.24, 2.45) is 16.6 Å². The van der Waals surface area contributed by atoms with Gasteiger partial charge in [0.1, 0.15) is 0 Å². The van der Waals surface area contributed by atoms with Crippen molar-refractivity contribution in [3.8, 4) is 16.9 Å². The van der Waals surface area contributed by atoms with E-state index in [0.29, 0.717) is 12.0 Å². The van der Waals surface area contributed by atoms with Gasteiger partial charge in [-0.25, -0.2) is 17.8 Å². The number of hydrogen-bond donors (Lipinski definition) is 1. The van der Waals surface area contributed by atoms with Crippen molar-refractivity contribution >= 4 is 21.9 Å². The van der Waals surface area contributed by atoms with Crippen LogP contribution in [0.1, 0.15) is 44.9 Å². The molecule has 46 heavy (non-hydrogen) atoms. The van der Waals surface area contributed by atoms with E-state index in [1.165, 1.54) is 12.1 Å². The zero-order valence-electron chi connectivity index (χ0n) is 25.4. The number of rotatable bonds is 9. The van der Waals surface area contributed by atoms with Crippen LogP contribution < -0.4 is 4.72 Å². The zero-order chi connectivity index (χ0) is 33.9. The van der Waals surface area contributed by atoms with Gasteiger partial charge in [-0.05, 0) is 70.9 Å². The van der Waals surface area contributed by atoms with Crippen LogP contribution >= 0.6 is 0 Å². The van der Waals surface area contributed by atoms with Gasteiger partial charge in [0.25, 0.3) is 16.8 Å². The van der Waals surface area contributed by atoms with Crippen LogP contribution in [-0.4, -0.2) is 59.9 Å². The van der Waals surface area contributed by atoms with Crippen molar-refractivity contribution in [1.82, 2.24) is 19.5 Å². The molecule has 1 amide bonds. The van der Waals surface area contributed by atoms with E-state index >= 15 is 0 Å². The number of aryl methyl sites for hydroxylation is 1. The molecule has 1 fully saturated rings. The summed E-state index contributed by atoms with van der Waals surface area (Å²) in [5.74, 6) is -2.31. The fraction of sp³-hybridized carbons (Fsp3) is 0.414. The number of hydrazine groups is 1. The van der Waals surface area contributed by atoms with Crippen molar-refractivity contribution in [3.63, 3.8) is 0 Å². The Hall–Kier alpha value is -4.67. The van der Waals surface area contributed by atoms with E-state index in [4.69, 9.17) is 9.57 Å². The number of hydrogen-bond acceptors (Lipinski definition) is 9. The molecule has 2 heterocycles. The molecule has 0 aliphatic carbocycles. The topological polar surface area (TPSA) is 158 Å². The van der Waals surface area contributed by atoms with Crippen LogP contribution in [0.5, 0.6) is 0 Å². The fourth-order valence-corrected chi connectivity index (χ4v) is 5.48. The Balaban J connectivity index is 1.43. The maximum Gasteiger partial charge on any atom is 0.435 e. The summed E-state index contributed by atoms with van der Waals surface area (Å²) in [5, 5.41) is 20.5. The molecule has 2 aromatic carbocycles. The van der Waals surface area contributed by atoms with Crippen LogP contribution in [0.15, 0.2) is 64.8 Å². The maximum atomic E-state index is 13.5. The van der Waals surface area contributed by atoms with Gasteiger partial charge in [0.15, 0.2) is 5.69 Å². The second-order valence-corrected chi connectivity index (χ2v) is 13.4. The Morgan fingerprint density at radius 3 is 2.37 bits per heavy atom. The minimum Gasteiger partial charge on any atom is -0.569 e. The molecular weight excluding hydrogens is 633 g/mol. The predicted octanol–water partition coefficient (Wildman–Crippen LogP) is 4.74. The number of amides is 1. The zero-order valence-corrected chi connectivity index (χ0v) is 26.3. The number of ether oxygens (including phenoxy) is 1. The molecule has 3 aromatic rings. The Labute approximate surface area is 263 Å². The molecule has 4 rings (SSSR count). The van der Waals surface area contributed by atoms with Crippen molar-refractivity contribution in [3.05, 3.63) is 71.1 Å². The molecule has 13 nitrogen and oxygen atoms in total. The minimum absolute atomic E-state index is 0.0991. The summed E-state index contributed by atoms with van der Waals surface area (Å²) < 4.78 is 74.6. The number of nitrogens with zero attached hydrogens (tertiary/aromatic N) is 5. The van der Waals surface area contributed by atoms with Gasteiger partial charge in [0.05, 0.1) is 45.7 Å². The fourth-order valence-electron chi connectivity index (χ4n) is 4.44. The number of halogens is 3. The lowest BCUT2D eigenvalue weighted by atomic mass is 9.98. The van der Waals surface area contributed by atoms with Crippen molar-refractivity contribution < 1.29 is 45.7 Å². The molecule has 17 heteroatoms. The highest BCUT2D eigenvalue weighted by atomic mass is 32.2. The monoisotopic (exact) mass is 666 g/mol. The second kappa shape index (κ2) is 13.4. The quantitative estimate of drug-likeness (QED) is 0.0851. The molecule has 1 aliphatic heterocycles. The Morgan fingerprint density at radius 1 is 1.11 bits per heavy atom. The van der Waals surface area contributed by atoms with E-state index in [2.05, 4.69) is 10.4 Å². The highest BCUT2D eigenvalue weighted by Crippen LogP contribution is 2.33. The maximum absolute atomic E-state index is 13.5. The van der Waals surface area contributed by atoms with Gasteiger partial charge in [-0.15, -0.1) is 5.01 Å². The molecule has 248 valence electrons. The van der Waals surface area contributed by atoms with Gasteiger partial charge in [0.2, 0.25) is 11.2 Å². The molecule has 0 radical (unpaired) electrons. The third-order valence-corrected chi connectivity index (χ3v) is 8.33. The number of aromatic nitrogens is 2. The lowest BCUT2D eigenvalue weighted by molar-refractivity contribution is -0.714. The van der Waals surface area contributed by atoms with E-state index in [0.717, 1.165) is 33.5 Å². The molecule has 0 saturated carbocycles. The number of alkyl halides is 3. The SMILES string of the molecule is Cc1ccc(-c2cc(C(F)(F)F)nn2-c2ccc(S(=O)(=O)NC(=O)C3CCCN(/[N+]([O-])=N/OCOC(=O)C(C)(C)C)C3)cc2)cc1. The number of nitrogens with one attached hydrogen (secondary N) is 1. The molecule has 1 saturated heterocycles. The molecule has 1 N–H and O–H groups in total. The number of carbonyl (C=O) groups is 2. The average molecular weight is 667 g/mol. The third-order valence-electron chi connectivity index (χ3n) is 6.97. The van der Waals surface area contributed by atoms with Gasteiger partial charge in [0, 0.05) is 5.56 Å². The first-order valence-electron chi connectivity index (χ1n) is 14.1. The average Bonchev–Trinajstić information content (AvgIpc) is 3.45. The number of carbonyl (C=O) groups excluding carboxylic acids is 2. The van der Waals surface area contributed by atoms with E-state index in [1.54, 1.807) is 45.0 Å². The first-order valence-corrected chi connectivity index (χ1v) is 15.6. The van der Waals surface area contributed by atoms with Gasteiger partial charge < -0.3 is 14.8 Å². The molecule has 1 aromatic heterocycles. The highest BCUT2D eigenvalue weighted by molar-refractivity contribution is 7.90. The Kier molecular flexibility index (Phi) is 9.94. The molecule has 1 unspecified atom stereocenters. The number of piperidine rings is 1. The van der Waals surface area contributed by atoms with Crippen molar-refractivity contribution in [2.45, 2.75) is 51.6 Å². The number of benzene rings is 2. The molecule has 0 spiro atoms. The summed E-state index contributed by atoms with van der Waals surface area (Å²) in [6.45, 7) is 6.21. The first-order chi connectivity index (χ1) is 21.5. The Morgan fingerprint density at radius 2 is 1.76 bits per heavy atom. The largest absolute Gasteiger partial charge is 0.569 e. The van der Waals surface area contributed by atoms with E-state index in [9.17, 15) is 36.4 Å². The minimum atomic E-state index is -4.71. The van der Waals surface area contributed by atoms with Crippen LogP contribution in [0, 0.1) is 23.5 Å². The van der Waals surface area contributed by atoms with Crippen LogP contribution in [0.25, 0.3) is 16.9 Å². The van der Waals surface area contributed by atoms with Crippen LogP contribution in [0.3, 0.4) is 0 Å². The molecule has 1 aliphatic rings. The number of sulfonamides is 1. The summed E-state index contributed by atoms with van der Waals surface area (Å²) in [6.07, 6.45) is -4.05. The molecule has 1 atom stereocenters. The second-order valence-electron chi connectivity index (χ2n) is 11.7. The summed E-state index contributed by atoms with van der Waals surface area (Å²) >= 11 is 0. The lowest BCUT2D eigenvalue weighted by Crippen LogP contribution is -2.46. The summed E-state index contributed by atoms with van der Waals surface area (Å²) in [5.41, 5.74) is -0.203. The summed E-state index contributed by atoms with van der Waals surface area (Å²) in [6, 6.07) is 12.6. The molecule has 0 bridgehead atoms. The smallest absolute Gasteiger partial charge is 0.435 e. The van der Waals surface area contributed by atoms with Gasteiger partial charge >= 0.3 is 12.1 Å².